The molecule has 1 fully saturated rings. The van der Waals surface area contributed by atoms with Crippen LogP contribution < -0.4 is 5.73 Å². The predicted molar refractivity (Wildman–Crippen MR) is 68.0 cm³/mol. The van der Waals surface area contributed by atoms with Gasteiger partial charge in [0, 0.05) is 19.6 Å². The van der Waals surface area contributed by atoms with Crippen molar-refractivity contribution >= 4 is 11.9 Å². The number of rotatable bonds is 4. The second-order valence-electron chi connectivity index (χ2n) is 4.65. The number of nitrogen functional groups attached to an aromatic ring is 1. The number of H-pyrrole nitrogens is 1. The monoisotopic (exact) mass is 252 g/mol. The van der Waals surface area contributed by atoms with Crippen LogP contribution >= 0.6 is 0 Å². The van der Waals surface area contributed by atoms with E-state index in [1.807, 2.05) is 0 Å². The third-order valence-corrected chi connectivity index (χ3v) is 3.44. The van der Waals surface area contributed by atoms with Gasteiger partial charge in [0.2, 0.25) is 11.8 Å². The minimum Gasteiger partial charge on any atom is -0.366 e. The number of nitrogens with zero attached hydrogens (tertiary/aromatic N) is 4. The molecule has 1 aromatic rings. The zero-order chi connectivity index (χ0) is 13.1. The number of carbonyl (C=O) groups is 1. The van der Waals surface area contributed by atoms with Crippen LogP contribution in [0.4, 0.5) is 5.95 Å². The van der Waals surface area contributed by atoms with Gasteiger partial charge in [-0.3, -0.25) is 14.8 Å². The molecule has 0 spiro atoms. The Kier molecular flexibility index (Phi) is 3.81. The van der Waals surface area contributed by atoms with E-state index in [0.29, 0.717) is 12.6 Å². The fraction of sp³-hybridized carbons (Fsp3) is 0.727. The summed E-state index contributed by atoms with van der Waals surface area (Å²) in [6.07, 6.45) is 2.35. The van der Waals surface area contributed by atoms with Crippen LogP contribution in [0, 0.1) is 0 Å². The van der Waals surface area contributed by atoms with E-state index in [1.54, 1.807) is 11.9 Å². The Labute approximate surface area is 106 Å². The Morgan fingerprint density at radius 3 is 3.06 bits per heavy atom. The molecule has 1 unspecified atom stereocenters. The average molecular weight is 252 g/mol. The lowest BCUT2D eigenvalue weighted by molar-refractivity contribution is 0.0743. The molecule has 1 aromatic heterocycles. The molecular formula is C11H20N6O. The van der Waals surface area contributed by atoms with Crippen molar-refractivity contribution < 1.29 is 4.79 Å². The van der Waals surface area contributed by atoms with Crippen molar-refractivity contribution in [3.63, 3.8) is 0 Å². The molecule has 0 bridgehead atoms. The number of hydrogen-bond acceptors (Lipinski definition) is 5. The zero-order valence-corrected chi connectivity index (χ0v) is 10.9. The van der Waals surface area contributed by atoms with Crippen molar-refractivity contribution in [3.05, 3.63) is 5.82 Å². The number of amides is 1. The SMILES string of the molecule is CCN1CCCC1CN(C)C(=O)c1nc(N)n[nH]1. The maximum Gasteiger partial charge on any atom is 0.291 e. The van der Waals surface area contributed by atoms with Crippen molar-refractivity contribution in [2.24, 2.45) is 0 Å². The van der Waals surface area contributed by atoms with Crippen molar-refractivity contribution in [1.82, 2.24) is 25.0 Å². The summed E-state index contributed by atoms with van der Waals surface area (Å²) >= 11 is 0. The lowest BCUT2D eigenvalue weighted by Crippen LogP contribution is -2.41. The Balaban J connectivity index is 1.95. The van der Waals surface area contributed by atoms with Gasteiger partial charge in [-0.15, -0.1) is 5.10 Å². The first-order valence-corrected chi connectivity index (χ1v) is 6.29. The second-order valence-corrected chi connectivity index (χ2v) is 4.65. The van der Waals surface area contributed by atoms with Gasteiger partial charge in [0.05, 0.1) is 0 Å². The highest BCUT2D eigenvalue weighted by atomic mass is 16.2. The molecular weight excluding hydrogens is 232 g/mol. The maximum absolute atomic E-state index is 12.1. The molecule has 18 heavy (non-hydrogen) atoms. The fourth-order valence-electron chi connectivity index (χ4n) is 2.47. The number of likely N-dealkylation sites (N-methyl/N-ethyl adjacent to an activating group) is 2. The van der Waals surface area contributed by atoms with Gasteiger partial charge in [0.15, 0.2) is 0 Å². The smallest absolute Gasteiger partial charge is 0.291 e. The van der Waals surface area contributed by atoms with E-state index < -0.39 is 0 Å². The van der Waals surface area contributed by atoms with Crippen LogP contribution in [0.5, 0.6) is 0 Å². The molecule has 0 aromatic carbocycles. The van der Waals surface area contributed by atoms with Gasteiger partial charge in [0.25, 0.3) is 5.91 Å². The van der Waals surface area contributed by atoms with Crippen LogP contribution in [-0.4, -0.2) is 63.6 Å². The Morgan fingerprint density at radius 2 is 2.44 bits per heavy atom. The van der Waals surface area contributed by atoms with E-state index >= 15 is 0 Å². The lowest BCUT2D eigenvalue weighted by Gasteiger charge is -2.27. The minimum absolute atomic E-state index is 0.0998. The van der Waals surface area contributed by atoms with Crippen molar-refractivity contribution in [2.75, 3.05) is 32.4 Å². The molecule has 1 amide bonds. The fourth-order valence-corrected chi connectivity index (χ4v) is 2.47. The summed E-state index contributed by atoms with van der Waals surface area (Å²) in [6.45, 7) is 5.02. The zero-order valence-electron chi connectivity index (χ0n) is 10.9. The molecule has 1 aliphatic heterocycles. The molecule has 7 heteroatoms. The van der Waals surface area contributed by atoms with Gasteiger partial charge in [-0.1, -0.05) is 6.92 Å². The Bertz CT molecular complexity index is 417. The first kappa shape index (κ1) is 12.8. The van der Waals surface area contributed by atoms with E-state index in [1.165, 1.54) is 6.42 Å². The molecule has 100 valence electrons. The predicted octanol–water partition coefficient (Wildman–Crippen LogP) is -0.0568. The van der Waals surface area contributed by atoms with Gasteiger partial charge in [0.1, 0.15) is 0 Å². The average Bonchev–Trinajstić information content (AvgIpc) is 2.96. The van der Waals surface area contributed by atoms with Crippen LogP contribution in [0.1, 0.15) is 30.4 Å². The number of hydrogen-bond donors (Lipinski definition) is 2. The summed E-state index contributed by atoms with van der Waals surface area (Å²) in [5, 5.41) is 6.21. The largest absolute Gasteiger partial charge is 0.366 e. The molecule has 2 heterocycles. The van der Waals surface area contributed by atoms with E-state index in [4.69, 9.17) is 5.73 Å². The third-order valence-electron chi connectivity index (χ3n) is 3.44. The Hall–Kier alpha value is -1.63. The van der Waals surface area contributed by atoms with E-state index in [-0.39, 0.29) is 17.7 Å². The van der Waals surface area contributed by atoms with Gasteiger partial charge in [-0.2, -0.15) is 4.98 Å². The van der Waals surface area contributed by atoms with Crippen LogP contribution in [0.25, 0.3) is 0 Å². The molecule has 1 saturated heterocycles. The van der Waals surface area contributed by atoms with Crippen molar-refractivity contribution in [3.8, 4) is 0 Å². The highest BCUT2D eigenvalue weighted by Crippen LogP contribution is 2.17. The standard InChI is InChI=1S/C11H20N6O/c1-3-17-6-4-5-8(17)7-16(2)10(18)9-13-11(12)15-14-9/h8H,3-7H2,1-2H3,(H3,12,13,14,15). The van der Waals surface area contributed by atoms with Crippen LogP contribution in [-0.2, 0) is 0 Å². The highest BCUT2D eigenvalue weighted by molar-refractivity contribution is 5.90. The molecule has 1 atom stereocenters. The third kappa shape index (κ3) is 2.61. The molecule has 7 nitrogen and oxygen atoms in total. The first-order valence-electron chi connectivity index (χ1n) is 6.29. The molecule has 3 N–H and O–H groups in total. The highest BCUT2D eigenvalue weighted by Gasteiger charge is 2.26. The van der Waals surface area contributed by atoms with Gasteiger partial charge < -0.3 is 10.6 Å². The van der Waals surface area contributed by atoms with Crippen LogP contribution in [0.2, 0.25) is 0 Å². The lowest BCUT2D eigenvalue weighted by atomic mass is 10.2. The van der Waals surface area contributed by atoms with Crippen LogP contribution in [0.15, 0.2) is 0 Å². The number of aromatic amines is 1. The summed E-state index contributed by atoms with van der Waals surface area (Å²) < 4.78 is 0. The van der Waals surface area contributed by atoms with Gasteiger partial charge in [-0.25, -0.2) is 0 Å². The molecule has 2 rings (SSSR count). The summed E-state index contributed by atoms with van der Waals surface area (Å²) in [6, 6.07) is 0.448. The number of nitrogens with two attached hydrogens (primary N) is 1. The maximum atomic E-state index is 12.1. The van der Waals surface area contributed by atoms with E-state index in [0.717, 1.165) is 19.5 Å². The minimum atomic E-state index is -0.165. The number of aromatic nitrogens is 3. The van der Waals surface area contributed by atoms with E-state index in [9.17, 15) is 4.79 Å². The molecule has 0 saturated carbocycles. The summed E-state index contributed by atoms with van der Waals surface area (Å²) in [7, 11) is 1.78. The Morgan fingerprint density at radius 1 is 1.67 bits per heavy atom. The van der Waals surface area contributed by atoms with E-state index in [2.05, 4.69) is 27.0 Å². The summed E-state index contributed by atoms with van der Waals surface area (Å²) in [5.41, 5.74) is 5.39. The molecule has 0 aliphatic carbocycles. The normalized spacial score (nSPS) is 20.2. The second kappa shape index (κ2) is 5.34. The van der Waals surface area contributed by atoms with Gasteiger partial charge in [-0.05, 0) is 25.9 Å². The number of anilines is 1. The van der Waals surface area contributed by atoms with Crippen molar-refractivity contribution in [2.45, 2.75) is 25.8 Å². The topological polar surface area (TPSA) is 91.1 Å². The quantitative estimate of drug-likeness (QED) is 0.783. The number of likely N-dealkylation sites (tertiary alicyclic amines) is 1. The molecule has 0 radical (unpaired) electrons. The van der Waals surface area contributed by atoms with Crippen LogP contribution in [0.3, 0.4) is 0 Å². The van der Waals surface area contributed by atoms with Crippen molar-refractivity contribution in [1.29, 1.82) is 0 Å². The molecule has 1 aliphatic rings. The number of nitrogens with one attached hydrogen (secondary N) is 1. The summed E-state index contributed by atoms with van der Waals surface area (Å²) in [4.78, 5) is 20.0. The first-order chi connectivity index (χ1) is 8.61. The number of carbonyl (C=O) groups excluding carboxylic acids is 1. The summed E-state index contributed by atoms with van der Waals surface area (Å²) in [5.74, 6) is 0.140. The van der Waals surface area contributed by atoms with Gasteiger partial charge >= 0.3 is 0 Å².